The van der Waals surface area contributed by atoms with Gasteiger partial charge in [-0.1, -0.05) is 51.6 Å². The molecule has 1 amide bonds. The average Bonchev–Trinajstić information content (AvgIpc) is 3.15. The average molecular weight is 457 g/mol. The highest BCUT2D eigenvalue weighted by atomic mass is 32.2. The standard InChI is InChI=1S/C23H32N6O2S/c1-15(2)13-25-21-19-14-26-29(22(19)28-23(27-21)32-16(3)4)11-10-24-20(30)12-17-6-8-18(31-5)9-7-17/h6-9,14-16H,10-13H2,1-5H3,(H,24,30)(H,25,27,28). The number of thioether (sulfide) groups is 1. The molecule has 0 radical (unpaired) electrons. The molecule has 2 heterocycles. The van der Waals surface area contributed by atoms with Gasteiger partial charge in [0, 0.05) is 18.3 Å². The molecule has 0 atom stereocenters. The Bertz CT molecular complexity index is 1030. The number of benzene rings is 1. The maximum Gasteiger partial charge on any atom is 0.224 e. The van der Waals surface area contributed by atoms with Gasteiger partial charge in [0.15, 0.2) is 10.8 Å². The largest absolute Gasteiger partial charge is 0.497 e. The van der Waals surface area contributed by atoms with Crippen LogP contribution >= 0.6 is 11.8 Å². The molecule has 0 saturated heterocycles. The van der Waals surface area contributed by atoms with Crippen molar-refractivity contribution in [3.63, 3.8) is 0 Å². The van der Waals surface area contributed by atoms with Crippen LogP contribution in [0.3, 0.4) is 0 Å². The minimum Gasteiger partial charge on any atom is -0.497 e. The first-order valence-corrected chi connectivity index (χ1v) is 11.8. The van der Waals surface area contributed by atoms with Crippen LogP contribution in [0.2, 0.25) is 0 Å². The van der Waals surface area contributed by atoms with Gasteiger partial charge in [0.1, 0.15) is 11.6 Å². The van der Waals surface area contributed by atoms with Crippen molar-refractivity contribution in [1.29, 1.82) is 0 Å². The zero-order valence-corrected chi connectivity index (χ0v) is 20.2. The molecule has 0 saturated carbocycles. The summed E-state index contributed by atoms with van der Waals surface area (Å²) in [5.74, 6) is 2.05. The Balaban J connectivity index is 1.66. The number of fused-ring (bicyclic) bond motifs is 1. The van der Waals surface area contributed by atoms with E-state index in [1.54, 1.807) is 25.1 Å². The van der Waals surface area contributed by atoms with Crippen molar-refractivity contribution >= 4 is 34.5 Å². The van der Waals surface area contributed by atoms with Crippen molar-refractivity contribution in [2.75, 3.05) is 25.5 Å². The summed E-state index contributed by atoms with van der Waals surface area (Å²) < 4.78 is 6.98. The van der Waals surface area contributed by atoms with Gasteiger partial charge in [-0.3, -0.25) is 4.79 Å². The van der Waals surface area contributed by atoms with E-state index in [9.17, 15) is 4.79 Å². The Morgan fingerprint density at radius 3 is 2.56 bits per heavy atom. The number of ether oxygens (including phenoxy) is 1. The number of anilines is 1. The summed E-state index contributed by atoms with van der Waals surface area (Å²) in [5, 5.41) is 12.9. The van der Waals surface area contributed by atoms with Crippen molar-refractivity contribution in [2.45, 2.75) is 51.1 Å². The lowest BCUT2D eigenvalue weighted by Crippen LogP contribution is -2.28. The Kier molecular flexibility index (Phi) is 8.33. The van der Waals surface area contributed by atoms with Crippen LogP contribution < -0.4 is 15.4 Å². The summed E-state index contributed by atoms with van der Waals surface area (Å²) in [6, 6.07) is 7.51. The van der Waals surface area contributed by atoms with Crippen LogP contribution in [-0.2, 0) is 17.8 Å². The van der Waals surface area contributed by atoms with Crippen LogP contribution in [0.4, 0.5) is 5.82 Å². The molecule has 0 aliphatic carbocycles. The molecule has 3 rings (SSSR count). The van der Waals surface area contributed by atoms with Gasteiger partial charge in [-0.15, -0.1) is 0 Å². The van der Waals surface area contributed by atoms with E-state index >= 15 is 0 Å². The van der Waals surface area contributed by atoms with Gasteiger partial charge in [-0.25, -0.2) is 14.6 Å². The Morgan fingerprint density at radius 1 is 1.16 bits per heavy atom. The molecule has 8 nitrogen and oxygen atoms in total. The number of nitrogens with one attached hydrogen (secondary N) is 2. The number of methoxy groups -OCH3 is 1. The van der Waals surface area contributed by atoms with Crippen LogP contribution in [0.1, 0.15) is 33.3 Å². The summed E-state index contributed by atoms with van der Waals surface area (Å²) in [6.07, 6.45) is 2.12. The number of carbonyl (C=O) groups is 1. The van der Waals surface area contributed by atoms with Crippen LogP contribution in [0.15, 0.2) is 35.6 Å². The quantitative estimate of drug-likeness (QED) is 0.335. The maximum atomic E-state index is 12.3. The van der Waals surface area contributed by atoms with Crippen molar-refractivity contribution < 1.29 is 9.53 Å². The fraction of sp³-hybridized carbons (Fsp3) is 0.478. The summed E-state index contributed by atoms with van der Waals surface area (Å²) in [5.41, 5.74) is 1.72. The highest BCUT2D eigenvalue weighted by molar-refractivity contribution is 7.99. The SMILES string of the molecule is COc1ccc(CC(=O)NCCn2ncc3c(NCC(C)C)nc(SC(C)C)nc32)cc1. The van der Waals surface area contributed by atoms with Crippen LogP contribution in [0.25, 0.3) is 11.0 Å². The van der Waals surface area contributed by atoms with Crippen molar-refractivity contribution in [2.24, 2.45) is 5.92 Å². The number of hydrogen-bond acceptors (Lipinski definition) is 7. The van der Waals surface area contributed by atoms with Crippen molar-refractivity contribution in [3.8, 4) is 5.75 Å². The van der Waals surface area contributed by atoms with Crippen LogP contribution in [0.5, 0.6) is 5.75 Å². The minimum absolute atomic E-state index is 0.0309. The summed E-state index contributed by atoms with van der Waals surface area (Å²) >= 11 is 1.62. The first-order valence-electron chi connectivity index (χ1n) is 10.9. The fourth-order valence-electron chi connectivity index (χ4n) is 3.09. The lowest BCUT2D eigenvalue weighted by molar-refractivity contribution is -0.120. The smallest absolute Gasteiger partial charge is 0.224 e. The molecular weight excluding hydrogens is 424 g/mol. The van der Waals surface area contributed by atoms with E-state index in [1.165, 1.54) is 0 Å². The molecule has 0 aliphatic rings. The molecule has 3 aromatic rings. The van der Waals surface area contributed by atoms with E-state index in [1.807, 2.05) is 28.9 Å². The molecule has 172 valence electrons. The molecule has 32 heavy (non-hydrogen) atoms. The lowest BCUT2D eigenvalue weighted by Gasteiger charge is -2.12. The zero-order valence-electron chi connectivity index (χ0n) is 19.4. The zero-order chi connectivity index (χ0) is 23.1. The molecule has 2 aromatic heterocycles. The third-order valence-corrected chi connectivity index (χ3v) is 5.53. The molecule has 0 spiro atoms. The normalized spacial score (nSPS) is 11.3. The number of carbonyl (C=O) groups excluding carboxylic acids is 1. The van der Waals surface area contributed by atoms with E-state index < -0.39 is 0 Å². The first-order chi connectivity index (χ1) is 15.4. The Morgan fingerprint density at radius 2 is 1.91 bits per heavy atom. The highest BCUT2D eigenvalue weighted by Gasteiger charge is 2.15. The maximum absolute atomic E-state index is 12.3. The second kappa shape index (κ2) is 11.2. The molecular formula is C23H32N6O2S. The second-order valence-corrected chi connectivity index (χ2v) is 9.82. The Labute approximate surface area is 193 Å². The molecule has 1 aromatic carbocycles. The van der Waals surface area contributed by atoms with E-state index in [0.29, 0.717) is 30.7 Å². The van der Waals surface area contributed by atoms with Gasteiger partial charge in [-0.05, 0) is 23.6 Å². The molecule has 2 N–H and O–H groups in total. The number of nitrogens with zero attached hydrogens (tertiary/aromatic N) is 4. The fourth-order valence-corrected chi connectivity index (χ4v) is 3.80. The third kappa shape index (κ3) is 6.59. The topological polar surface area (TPSA) is 94.0 Å². The van der Waals surface area contributed by atoms with Crippen molar-refractivity contribution in [3.05, 3.63) is 36.0 Å². The van der Waals surface area contributed by atoms with E-state index in [4.69, 9.17) is 14.7 Å². The van der Waals surface area contributed by atoms with Gasteiger partial charge in [0.25, 0.3) is 0 Å². The van der Waals surface area contributed by atoms with Gasteiger partial charge in [-0.2, -0.15) is 5.10 Å². The van der Waals surface area contributed by atoms with E-state index in [2.05, 4.69) is 43.4 Å². The van der Waals surface area contributed by atoms with Gasteiger partial charge in [0.2, 0.25) is 5.91 Å². The minimum atomic E-state index is -0.0309. The van der Waals surface area contributed by atoms with E-state index in [-0.39, 0.29) is 5.91 Å². The number of rotatable bonds is 11. The monoisotopic (exact) mass is 456 g/mol. The van der Waals surface area contributed by atoms with Gasteiger partial charge in [0.05, 0.1) is 31.7 Å². The lowest BCUT2D eigenvalue weighted by atomic mass is 10.1. The highest BCUT2D eigenvalue weighted by Crippen LogP contribution is 2.26. The summed E-state index contributed by atoms with van der Waals surface area (Å²) in [7, 11) is 1.62. The summed E-state index contributed by atoms with van der Waals surface area (Å²) in [6.45, 7) is 10.4. The number of amides is 1. The van der Waals surface area contributed by atoms with E-state index in [0.717, 1.165) is 39.9 Å². The number of hydrogen-bond donors (Lipinski definition) is 2. The molecule has 0 fully saturated rings. The molecule has 0 bridgehead atoms. The first kappa shape index (κ1) is 23.8. The second-order valence-electron chi connectivity index (χ2n) is 8.28. The Hall–Kier alpha value is -2.81. The van der Waals surface area contributed by atoms with Gasteiger partial charge >= 0.3 is 0 Å². The number of aromatic nitrogens is 4. The molecule has 9 heteroatoms. The predicted octanol–water partition coefficient (Wildman–Crippen LogP) is 3.76. The molecule has 0 unspecified atom stereocenters. The third-order valence-electron chi connectivity index (χ3n) is 4.66. The predicted molar refractivity (Wildman–Crippen MR) is 129 cm³/mol. The van der Waals surface area contributed by atoms with Gasteiger partial charge < -0.3 is 15.4 Å². The van der Waals surface area contributed by atoms with Crippen LogP contribution in [-0.4, -0.2) is 51.1 Å². The van der Waals surface area contributed by atoms with Crippen molar-refractivity contribution in [1.82, 2.24) is 25.1 Å². The molecule has 0 aliphatic heterocycles. The van der Waals surface area contributed by atoms with Crippen LogP contribution in [0, 0.1) is 5.92 Å². The summed E-state index contributed by atoms with van der Waals surface area (Å²) in [4.78, 5) is 21.8.